The summed E-state index contributed by atoms with van der Waals surface area (Å²) < 4.78 is 16.4. The predicted molar refractivity (Wildman–Crippen MR) is 93.5 cm³/mol. The van der Waals surface area contributed by atoms with Gasteiger partial charge in [0.25, 0.3) is 0 Å². The molecular formula is C14H28IN3O3. The first-order valence-electron chi connectivity index (χ1n) is 7.56. The molecule has 0 amide bonds. The van der Waals surface area contributed by atoms with E-state index in [0.717, 1.165) is 38.7 Å². The van der Waals surface area contributed by atoms with Crippen LogP contribution in [0.1, 0.15) is 13.3 Å². The van der Waals surface area contributed by atoms with Gasteiger partial charge in [-0.1, -0.05) is 0 Å². The second kappa shape index (κ2) is 10.6. The van der Waals surface area contributed by atoms with Gasteiger partial charge in [-0.3, -0.25) is 4.99 Å². The second-order valence-corrected chi connectivity index (χ2v) is 5.37. The Morgan fingerprint density at radius 1 is 1.24 bits per heavy atom. The summed E-state index contributed by atoms with van der Waals surface area (Å²) >= 11 is 0. The van der Waals surface area contributed by atoms with Crippen molar-refractivity contribution in [1.82, 2.24) is 10.2 Å². The van der Waals surface area contributed by atoms with Gasteiger partial charge in [-0.05, 0) is 13.3 Å². The van der Waals surface area contributed by atoms with Crippen LogP contribution in [0.3, 0.4) is 0 Å². The number of ether oxygens (including phenoxy) is 3. The van der Waals surface area contributed by atoms with Gasteiger partial charge in [0.1, 0.15) is 6.10 Å². The SMILES string of the molecule is CCNC(=NCC1COCCO1)N(C)CC1CCOC1.I. The molecule has 21 heavy (non-hydrogen) atoms. The molecule has 0 aromatic carbocycles. The molecule has 2 atom stereocenters. The lowest BCUT2D eigenvalue weighted by Crippen LogP contribution is -2.42. The monoisotopic (exact) mass is 413 g/mol. The van der Waals surface area contributed by atoms with Crippen molar-refractivity contribution in [3.8, 4) is 0 Å². The van der Waals surface area contributed by atoms with Crippen LogP contribution in [0.5, 0.6) is 0 Å². The van der Waals surface area contributed by atoms with Crippen LogP contribution in [0.2, 0.25) is 0 Å². The van der Waals surface area contributed by atoms with E-state index in [1.165, 1.54) is 0 Å². The first kappa shape index (κ1) is 18.9. The third-order valence-electron chi connectivity index (χ3n) is 3.58. The zero-order chi connectivity index (χ0) is 14.2. The fraction of sp³-hybridized carbons (Fsp3) is 0.929. The molecule has 2 saturated heterocycles. The van der Waals surface area contributed by atoms with Crippen molar-refractivity contribution in [3.63, 3.8) is 0 Å². The first-order valence-corrected chi connectivity index (χ1v) is 7.56. The Kier molecular flexibility index (Phi) is 9.54. The molecule has 2 unspecified atom stereocenters. The number of halogens is 1. The number of hydrogen-bond donors (Lipinski definition) is 1. The number of nitrogens with zero attached hydrogens (tertiary/aromatic N) is 2. The molecule has 2 rings (SSSR count). The molecule has 0 saturated carbocycles. The van der Waals surface area contributed by atoms with Crippen LogP contribution in [0.4, 0.5) is 0 Å². The molecule has 0 aromatic heterocycles. The highest BCUT2D eigenvalue weighted by Crippen LogP contribution is 2.13. The molecule has 7 heteroatoms. The highest BCUT2D eigenvalue weighted by atomic mass is 127. The number of guanidine groups is 1. The van der Waals surface area contributed by atoms with Gasteiger partial charge in [0.05, 0.1) is 33.0 Å². The molecule has 2 heterocycles. The molecule has 2 fully saturated rings. The zero-order valence-corrected chi connectivity index (χ0v) is 15.4. The van der Waals surface area contributed by atoms with E-state index in [1.807, 2.05) is 0 Å². The molecule has 0 aromatic rings. The average Bonchev–Trinajstić information content (AvgIpc) is 2.97. The summed E-state index contributed by atoms with van der Waals surface area (Å²) in [4.78, 5) is 6.85. The second-order valence-electron chi connectivity index (χ2n) is 5.37. The first-order chi connectivity index (χ1) is 9.79. The van der Waals surface area contributed by atoms with Crippen molar-refractivity contribution in [2.75, 3.05) is 59.7 Å². The summed E-state index contributed by atoms with van der Waals surface area (Å²) in [5.41, 5.74) is 0. The Balaban J connectivity index is 0.00000220. The van der Waals surface area contributed by atoms with Gasteiger partial charge in [0, 0.05) is 32.7 Å². The van der Waals surface area contributed by atoms with Gasteiger partial charge < -0.3 is 24.4 Å². The van der Waals surface area contributed by atoms with Crippen molar-refractivity contribution in [1.29, 1.82) is 0 Å². The van der Waals surface area contributed by atoms with Crippen molar-refractivity contribution >= 4 is 29.9 Å². The van der Waals surface area contributed by atoms with Gasteiger partial charge in [0.15, 0.2) is 5.96 Å². The van der Waals surface area contributed by atoms with Crippen molar-refractivity contribution in [3.05, 3.63) is 0 Å². The Morgan fingerprint density at radius 3 is 2.67 bits per heavy atom. The van der Waals surface area contributed by atoms with E-state index in [4.69, 9.17) is 14.2 Å². The summed E-state index contributed by atoms with van der Waals surface area (Å²) in [5, 5.41) is 3.33. The highest BCUT2D eigenvalue weighted by Gasteiger charge is 2.20. The molecule has 0 aliphatic carbocycles. The number of aliphatic imine (C=N–C) groups is 1. The van der Waals surface area contributed by atoms with Gasteiger partial charge >= 0.3 is 0 Å². The smallest absolute Gasteiger partial charge is 0.193 e. The molecule has 1 N–H and O–H groups in total. The molecule has 2 aliphatic heterocycles. The van der Waals surface area contributed by atoms with E-state index >= 15 is 0 Å². The fourth-order valence-electron chi connectivity index (χ4n) is 2.50. The Hall–Kier alpha value is -0.120. The van der Waals surface area contributed by atoms with E-state index < -0.39 is 0 Å². The van der Waals surface area contributed by atoms with Crippen molar-refractivity contribution in [2.24, 2.45) is 10.9 Å². The lowest BCUT2D eigenvalue weighted by molar-refractivity contribution is -0.0833. The van der Waals surface area contributed by atoms with E-state index in [2.05, 4.69) is 29.2 Å². The molecule has 0 bridgehead atoms. The largest absolute Gasteiger partial charge is 0.381 e. The lowest BCUT2D eigenvalue weighted by atomic mass is 10.1. The molecule has 0 radical (unpaired) electrons. The Bertz CT molecular complexity index is 306. The van der Waals surface area contributed by atoms with Gasteiger partial charge in [-0.25, -0.2) is 0 Å². The van der Waals surface area contributed by atoms with E-state index in [9.17, 15) is 0 Å². The van der Waals surface area contributed by atoms with Gasteiger partial charge in [-0.2, -0.15) is 0 Å². The van der Waals surface area contributed by atoms with Crippen LogP contribution in [-0.2, 0) is 14.2 Å². The normalized spacial score (nSPS) is 26.3. The average molecular weight is 413 g/mol. The maximum absolute atomic E-state index is 5.62. The summed E-state index contributed by atoms with van der Waals surface area (Å²) in [6.45, 7) is 8.34. The van der Waals surface area contributed by atoms with E-state index in [0.29, 0.717) is 32.3 Å². The zero-order valence-electron chi connectivity index (χ0n) is 13.0. The minimum atomic E-state index is 0. The predicted octanol–water partition coefficient (Wildman–Crippen LogP) is 0.954. The Morgan fingerprint density at radius 2 is 2.05 bits per heavy atom. The van der Waals surface area contributed by atoms with Crippen LogP contribution in [0, 0.1) is 5.92 Å². The van der Waals surface area contributed by atoms with Crippen LogP contribution in [0.15, 0.2) is 4.99 Å². The third-order valence-corrected chi connectivity index (χ3v) is 3.58. The van der Waals surface area contributed by atoms with Crippen molar-refractivity contribution in [2.45, 2.75) is 19.4 Å². The summed E-state index contributed by atoms with van der Waals surface area (Å²) in [6, 6.07) is 0. The topological polar surface area (TPSA) is 55.3 Å². The molecular weight excluding hydrogens is 385 g/mol. The maximum Gasteiger partial charge on any atom is 0.193 e. The molecule has 6 nitrogen and oxygen atoms in total. The number of rotatable bonds is 5. The minimum Gasteiger partial charge on any atom is -0.381 e. The number of hydrogen-bond acceptors (Lipinski definition) is 4. The van der Waals surface area contributed by atoms with Crippen LogP contribution in [-0.4, -0.2) is 76.7 Å². The summed E-state index contributed by atoms with van der Waals surface area (Å²) in [6.07, 6.45) is 1.23. The summed E-state index contributed by atoms with van der Waals surface area (Å²) in [7, 11) is 2.08. The van der Waals surface area contributed by atoms with E-state index in [1.54, 1.807) is 0 Å². The van der Waals surface area contributed by atoms with Crippen molar-refractivity contribution < 1.29 is 14.2 Å². The molecule has 124 valence electrons. The maximum atomic E-state index is 5.62. The highest BCUT2D eigenvalue weighted by molar-refractivity contribution is 14.0. The molecule has 2 aliphatic rings. The fourth-order valence-corrected chi connectivity index (χ4v) is 2.50. The lowest BCUT2D eigenvalue weighted by Gasteiger charge is -2.26. The standard InChI is InChI=1S/C14H27N3O3.HI/c1-3-15-14(16-8-13-11-19-6-7-20-13)17(2)9-12-4-5-18-10-12;/h12-13H,3-11H2,1-2H3,(H,15,16);1H. The molecule has 0 spiro atoms. The van der Waals surface area contributed by atoms with Gasteiger partial charge in [0.2, 0.25) is 0 Å². The van der Waals surface area contributed by atoms with E-state index in [-0.39, 0.29) is 30.1 Å². The quantitative estimate of drug-likeness (QED) is 0.414. The third kappa shape index (κ3) is 6.66. The van der Waals surface area contributed by atoms with Crippen LogP contribution in [0.25, 0.3) is 0 Å². The van der Waals surface area contributed by atoms with Gasteiger partial charge in [-0.15, -0.1) is 24.0 Å². The van der Waals surface area contributed by atoms with Crippen LogP contribution >= 0.6 is 24.0 Å². The number of nitrogens with one attached hydrogen (secondary N) is 1. The summed E-state index contributed by atoms with van der Waals surface area (Å²) in [5.74, 6) is 1.55. The Labute approximate surface area is 144 Å². The minimum absolute atomic E-state index is 0. The van der Waals surface area contributed by atoms with Crippen LogP contribution < -0.4 is 5.32 Å².